The van der Waals surface area contributed by atoms with E-state index in [0.29, 0.717) is 25.4 Å². The maximum atomic E-state index is 11.2. The molecular weight excluding hydrogens is 588 g/mol. The summed E-state index contributed by atoms with van der Waals surface area (Å²) in [6, 6.07) is 21.1. The number of likely N-dealkylation sites (N-methyl/N-ethyl adjacent to an activating group) is 1. The molecule has 47 heavy (non-hydrogen) atoms. The molecular formula is C39H46N4O4. The molecule has 8 heteroatoms. The van der Waals surface area contributed by atoms with Crippen LogP contribution >= 0.6 is 0 Å². The second-order valence-electron chi connectivity index (χ2n) is 12.8. The predicted molar refractivity (Wildman–Crippen MR) is 188 cm³/mol. The van der Waals surface area contributed by atoms with Crippen LogP contribution in [0.5, 0.6) is 0 Å². The molecule has 1 aliphatic rings. The number of carbonyl (C=O) groups excluding carboxylic acids is 1. The average molecular weight is 635 g/mol. The number of fused-ring (bicyclic) bond motifs is 1. The molecule has 1 unspecified atom stereocenters. The molecule has 0 amide bonds. The molecule has 0 radical (unpaired) electrons. The Kier molecular flexibility index (Phi) is 12.5. The number of aldehydes is 1. The Hall–Kier alpha value is -4.69. The van der Waals surface area contributed by atoms with E-state index in [1.807, 2.05) is 60.9 Å². The molecule has 8 nitrogen and oxygen atoms in total. The fourth-order valence-electron chi connectivity index (χ4n) is 5.20. The number of nitrogens with one attached hydrogen (secondary N) is 1. The summed E-state index contributed by atoms with van der Waals surface area (Å²) in [5, 5.41) is 12.0. The van der Waals surface area contributed by atoms with Crippen LogP contribution in [0.1, 0.15) is 86.0 Å². The van der Waals surface area contributed by atoms with E-state index in [9.17, 15) is 14.7 Å². The Morgan fingerprint density at radius 1 is 0.936 bits per heavy atom. The summed E-state index contributed by atoms with van der Waals surface area (Å²) in [5.41, 5.74) is 8.23. The molecule has 0 saturated carbocycles. The molecule has 1 atom stereocenters. The lowest BCUT2D eigenvalue weighted by Gasteiger charge is -2.18. The monoisotopic (exact) mass is 634 g/mol. The fourth-order valence-corrected chi connectivity index (χ4v) is 5.20. The van der Waals surface area contributed by atoms with Gasteiger partial charge in [0.15, 0.2) is 5.82 Å². The SMILES string of the molecule is CC(C)(C)c1ccc(C=O)cc1.CCCCCCOC1=NCc2cc(-c3cnc(-c4ccc(CC(NC)C(=O)O)cc4)nc3)ccc21. The van der Waals surface area contributed by atoms with Gasteiger partial charge < -0.3 is 15.2 Å². The van der Waals surface area contributed by atoms with Crippen molar-refractivity contribution in [2.75, 3.05) is 13.7 Å². The average Bonchev–Trinajstić information content (AvgIpc) is 3.49. The molecule has 2 N–H and O–H groups in total. The van der Waals surface area contributed by atoms with E-state index < -0.39 is 12.0 Å². The third-order valence-electron chi connectivity index (χ3n) is 8.16. The number of hydrogen-bond acceptors (Lipinski definition) is 7. The van der Waals surface area contributed by atoms with Crippen LogP contribution in [0.25, 0.3) is 22.5 Å². The van der Waals surface area contributed by atoms with Crippen LogP contribution in [0, 0.1) is 0 Å². The van der Waals surface area contributed by atoms with Crippen molar-refractivity contribution < 1.29 is 19.4 Å². The zero-order valence-corrected chi connectivity index (χ0v) is 28.1. The van der Waals surface area contributed by atoms with Crippen molar-refractivity contribution in [3.8, 4) is 22.5 Å². The van der Waals surface area contributed by atoms with E-state index in [1.165, 1.54) is 24.8 Å². The number of aromatic nitrogens is 2. The van der Waals surface area contributed by atoms with Crippen LogP contribution in [0.3, 0.4) is 0 Å². The maximum Gasteiger partial charge on any atom is 0.321 e. The Balaban J connectivity index is 0.000000351. The van der Waals surface area contributed by atoms with Crippen LogP contribution < -0.4 is 5.32 Å². The lowest BCUT2D eigenvalue weighted by atomic mass is 9.87. The first-order chi connectivity index (χ1) is 22.6. The summed E-state index contributed by atoms with van der Waals surface area (Å²) in [7, 11) is 1.65. The summed E-state index contributed by atoms with van der Waals surface area (Å²) < 4.78 is 5.93. The largest absolute Gasteiger partial charge is 0.480 e. The van der Waals surface area contributed by atoms with Crippen molar-refractivity contribution in [2.24, 2.45) is 4.99 Å². The first kappa shape index (κ1) is 35.2. The maximum absolute atomic E-state index is 11.2. The molecule has 3 aromatic carbocycles. The van der Waals surface area contributed by atoms with Crippen LogP contribution in [0.15, 0.2) is 84.1 Å². The van der Waals surface area contributed by atoms with Gasteiger partial charge in [-0.15, -0.1) is 0 Å². The third kappa shape index (κ3) is 9.90. The van der Waals surface area contributed by atoms with Crippen molar-refractivity contribution in [2.45, 2.75) is 77.8 Å². The van der Waals surface area contributed by atoms with Crippen molar-refractivity contribution in [3.63, 3.8) is 0 Å². The molecule has 0 saturated heterocycles. The number of carboxylic acids is 1. The minimum atomic E-state index is -0.861. The number of hydrogen-bond donors (Lipinski definition) is 2. The number of ether oxygens (including phenoxy) is 1. The minimum Gasteiger partial charge on any atom is -0.480 e. The van der Waals surface area contributed by atoms with Gasteiger partial charge in [0.05, 0.1) is 13.2 Å². The number of carboxylic acid groups (broad SMARTS) is 1. The summed E-state index contributed by atoms with van der Waals surface area (Å²) in [4.78, 5) is 35.3. The highest BCUT2D eigenvalue weighted by atomic mass is 16.5. The summed E-state index contributed by atoms with van der Waals surface area (Å²) in [6.07, 6.45) is 9.66. The molecule has 1 aliphatic heterocycles. The number of carbonyl (C=O) groups is 2. The Morgan fingerprint density at radius 2 is 1.62 bits per heavy atom. The normalized spacial score (nSPS) is 12.7. The fraction of sp³-hybridized carbons (Fsp3) is 0.359. The van der Waals surface area contributed by atoms with Gasteiger partial charge in [-0.3, -0.25) is 9.59 Å². The van der Waals surface area contributed by atoms with Crippen LogP contribution in [0.4, 0.5) is 0 Å². The van der Waals surface area contributed by atoms with Gasteiger partial charge in [-0.1, -0.05) is 102 Å². The van der Waals surface area contributed by atoms with E-state index in [4.69, 9.17) is 4.74 Å². The molecule has 0 spiro atoms. The predicted octanol–water partition coefficient (Wildman–Crippen LogP) is 7.68. The number of rotatable bonds is 12. The lowest BCUT2D eigenvalue weighted by molar-refractivity contribution is -0.139. The Bertz CT molecular complexity index is 1640. The summed E-state index contributed by atoms with van der Waals surface area (Å²) >= 11 is 0. The smallest absolute Gasteiger partial charge is 0.321 e. The van der Waals surface area contributed by atoms with Crippen LogP contribution in [-0.4, -0.2) is 52.9 Å². The van der Waals surface area contributed by atoms with Crippen molar-refractivity contribution in [3.05, 3.63) is 107 Å². The molecule has 0 fully saturated rings. The Labute approximate surface area is 278 Å². The van der Waals surface area contributed by atoms with Crippen LogP contribution in [0.2, 0.25) is 0 Å². The Morgan fingerprint density at radius 3 is 2.21 bits per heavy atom. The summed E-state index contributed by atoms with van der Waals surface area (Å²) in [5.74, 6) is 0.522. The van der Waals surface area contributed by atoms with Gasteiger partial charge in [0, 0.05) is 34.6 Å². The number of aliphatic carboxylic acids is 1. The molecule has 0 aliphatic carbocycles. The van der Waals surface area contributed by atoms with E-state index in [-0.39, 0.29) is 5.41 Å². The van der Waals surface area contributed by atoms with E-state index >= 15 is 0 Å². The van der Waals surface area contributed by atoms with E-state index in [1.54, 1.807) is 7.05 Å². The van der Waals surface area contributed by atoms with E-state index in [2.05, 4.69) is 66.2 Å². The molecule has 246 valence electrons. The van der Waals surface area contributed by atoms with Gasteiger partial charge in [-0.2, -0.15) is 0 Å². The van der Waals surface area contributed by atoms with Gasteiger partial charge in [0.2, 0.25) is 5.90 Å². The first-order valence-electron chi connectivity index (χ1n) is 16.3. The molecule has 2 heterocycles. The number of benzene rings is 3. The number of nitrogens with zero attached hydrogens (tertiary/aromatic N) is 3. The van der Waals surface area contributed by atoms with E-state index in [0.717, 1.165) is 57.5 Å². The van der Waals surface area contributed by atoms with Gasteiger partial charge in [0.1, 0.15) is 12.3 Å². The highest BCUT2D eigenvalue weighted by Crippen LogP contribution is 2.27. The van der Waals surface area contributed by atoms with Gasteiger partial charge in [-0.05, 0) is 59.7 Å². The summed E-state index contributed by atoms with van der Waals surface area (Å²) in [6.45, 7) is 10.0. The highest BCUT2D eigenvalue weighted by Gasteiger charge is 2.19. The molecule has 4 aromatic rings. The van der Waals surface area contributed by atoms with Crippen molar-refractivity contribution in [1.82, 2.24) is 15.3 Å². The number of aliphatic imine (C=N–C) groups is 1. The second-order valence-corrected chi connectivity index (χ2v) is 12.8. The quantitative estimate of drug-likeness (QED) is 0.121. The van der Waals surface area contributed by atoms with Crippen molar-refractivity contribution >= 4 is 18.2 Å². The van der Waals surface area contributed by atoms with Gasteiger partial charge >= 0.3 is 5.97 Å². The standard InChI is InChI=1S/C28H32N4O3.C11H14O/c1-3-4-5-6-13-35-27-24-12-11-21(15-22(24)16-32-27)23-17-30-26(31-18-23)20-9-7-19(8-10-20)14-25(29-2)28(33)34;1-11(2,3)10-6-4-9(8-12)5-7-10/h7-12,15,17-18,25,29H,3-6,13-14,16H2,1-2H3,(H,33,34);4-8H,1-3H3. The zero-order chi connectivity index (χ0) is 33.8. The van der Waals surface area contributed by atoms with Gasteiger partial charge in [-0.25, -0.2) is 15.0 Å². The second kappa shape index (κ2) is 16.7. The van der Waals surface area contributed by atoms with Crippen LogP contribution in [-0.2, 0) is 27.9 Å². The van der Waals surface area contributed by atoms with Gasteiger partial charge in [0.25, 0.3) is 0 Å². The topological polar surface area (TPSA) is 114 Å². The molecule has 0 bridgehead atoms. The molecule has 5 rings (SSSR count). The third-order valence-corrected chi connectivity index (χ3v) is 8.16. The lowest BCUT2D eigenvalue weighted by Crippen LogP contribution is -2.35. The molecule has 1 aromatic heterocycles. The zero-order valence-electron chi connectivity index (χ0n) is 28.1. The minimum absolute atomic E-state index is 0.168. The first-order valence-corrected chi connectivity index (χ1v) is 16.3. The highest BCUT2D eigenvalue weighted by molar-refractivity contribution is 5.98. The van der Waals surface area contributed by atoms with Crippen molar-refractivity contribution in [1.29, 1.82) is 0 Å². The number of unbranched alkanes of at least 4 members (excludes halogenated alkanes) is 3.